The first kappa shape index (κ1) is 13.1. The minimum Gasteiger partial charge on any atom is -0.139 e. The van der Waals surface area contributed by atoms with Crippen molar-refractivity contribution in [3.8, 4) is 11.1 Å². The maximum Gasteiger partial charge on any atom is 0.0430 e. The Morgan fingerprint density at radius 1 is 1.00 bits per heavy atom. The van der Waals surface area contributed by atoms with E-state index in [1.54, 1.807) is 0 Å². The van der Waals surface area contributed by atoms with E-state index in [-0.39, 0.29) is 0 Å². The van der Waals surface area contributed by atoms with E-state index in [1.165, 1.54) is 31.7 Å². The Hall–Kier alpha value is -1.86. The van der Waals surface area contributed by atoms with Gasteiger partial charge in [0.05, 0.1) is 0 Å². The van der Waals surface area contributed by atoms with Crippen molar-refractivity contribution in [1.29, 1.82) is 0 Å². The Kier molecular flexibility index (Phi) is 3.70. The molecule has 100 valence electrons. The Morgan fingerprint density at radius 3 is 2.50 bits per heavy atom. The molecule has 0 unspecified atom stereocenters. The van der Waals surface area contributed by atoms with Gasteiger partial charge in [0.2, 0.25) is 0 Å². The highest BCUT2D eigenvalue weighted by Crippen LogP contribution is 2.39. The number of aryl methyl sites for hydroxylation is 1. The molecule has 0 aliphatic heterocycles. The topological polar surface area (TPSA) is 0 Å². The second kappa shape index (κ2) is 5.64. The van der Waals surface area contributed by atoms with Crippen molar-refractivity contribution in [2.75, 3.05) is 0 Å². The summed E-state index contributed by atoms with van der Waals surface area (Å²) in [7, 11) is 0. The Bertz CT molecular complexity index is 748. The van der Waals surface area contributed by atoms with E-state index in [0.29, 0.717) is 0 Å². The largest absolute Gasteiger partial charge is 0.139 e. The summed E-state index contributed by atoms with van der Waals surface area (Å²) in [6.45, 7) is 4.32. The first-order chi connectivity index (χ1) is 9.85. The highest BCUT2D eigenvalue weighted by molar-refractivity contribution is 7.20. The minimum absolute atomic E-state index is 1.09. The van der Waals surface area contributed by atoms with Gasteiger partial charge in [-0.2, -0.15) is 0 Å². The SMILES string of the molecule is C/C=C\c1c(CC)sc2c(-c3ccccc3)cccc12. The molecule has 0 N–H and O–H groups in total. The molecule has 1 aromatic heterocycles. The lowest BCUT2D eigenvalue weighted by Crippen LogP contribution is -1.79. The second-order valence-corrected chi connectivity index (χ2v) is 5.95. The molecule has 0 radical (unpaired) electrons. The van der Waals surface area contributed by atoms with Crippen LogP contribution in [0, 0.1) is 0 Å². The number of rotatable bonds is 3. The second-order valence-electron chi connectivity index (χ2n) is 4.84. The van der Waals surface area contributed by atoms with E-state index in [2.05, 4.69) is 74.5 Å². The molecule has 0 aliphatic carbocycles. The van der Waals surface area contributed by atoms with Crippen LogP contribution in [0.2, 0.25) is 0 Å². The summed E-state index contributed by atoms with van der Waals surface area (Å²) in [5, 5.41) is 1.38. The van der Waals surface area contributed by atoms with Gasteiger partial charge in [0.25, 0.3) is 0 Å². The van der Waals surface area contributed by atoms with Gasteiger partial charge in [-0.3, -0.25) is 0 Å². The zero-order valence-electron chi connectivity index (χ0n) is 11.9. The molecule has 0 amide bonds. The molecule has 3 rings (SSSR count). The fourth-order valence-corrected chi connectivity index (χ4v) is 3.91. The zero-order chi connectivity index (χ0) is 13.9. The van der Waals surface area contributed by atoms with Crippen LogP contribution in [0.5, 0.6) is 0 Å². The van der Waals surface area contributed by atoms with Gasteiger partial charge in [0, 0.05) is 15.0 Å². The van der Waals surface area contributed by atoms with Crippen molar-refractivity contribution in [1.82, 2.24) is 0 Å². The van der Waals surface area contributed by atoms with E-state index >= 15 is 0 Å². The lowest BCUT2D eigenvalue weighted by atomic mass is 10.0. The summed E-state index contributed by atoms with van der Waals surface area (Å²) >= 11 is 1.93. The maximum absolute atomic E-state index is 2.24. The maximum atomic E-state index is 2.24. The summed E-state index contributed by atoms with van der Waals surface area (Å²) in [5.41, 5.74) is 4.04. The first-order valence-electron chi connectivity index (χ1n) is 7.07. The smallest absolute Gasteiger partial charge is 0.0430 e. The summed E-state index contributed by atoms with van der Waals surface area (Å²) in [4.78, 5) is 1.47. The number of hydrogen-bond donors (Lipinski definition) is 0. The fraction of sp³-hybridized carbons (Fsp3) is 0.158. The number of benzene rings is 2. The van der Waals surface area contributed by atoms with Gasteiger partial charge in [-0.25, -0.2) is 0 Å². The third-order valence-corrected chi connectivity index (χ3v) is 4.97. The molecule has 0 saturated carbocycles. The normalized spacial score (nSPS) is 11.5. The molecular formula is C19H18S. The van der Waals surface area contributed by atoms with Crippen LogP contribution in [-0.2, 0) is 6.42 Å². The van der Waals surface area contributed by atoms with Gasteiger partial charge >= 0.3 is 0 Å². The molecule has 0 aliphatic rings. The van der Waals surface area contributed by atoms with E-state index in [9.17, 15) is 0 Å². The van der Waals surface area contributed by atoms with Gasteiger partial charge in [-0.1, -0.05) is 67.6 Å². The Labute approximate surface area is 124 Å². The van der Waals surface area contributed by atoms with Crippen LogP contribution in [0.15, 0.2) is 54.6 Å². The minimum atomic E-state index is 1.09. The molecule has 1 heteroatoms. The fourth-order valence-electron chi connectivity index (χ4n) is 2.64. The van der Waals surface area contributed by atoms with Gasteiger partial charge in [0.1, 0.15) is 0 Å². The quantitative estimate of drug-likeness (QED) is 0.538. The molecule has 0 nitrogen and oxygen atoms in total. The van der Waals surface area contributed by atoms with E-state index < -0.39 is 0 Å². The lowest BCUT2D eigenvalue weighted by Gasteiger charge is -2.03. The molecule has 0 bridgehead atoms. The third kappa shape index (κ3) is 2.19. The predicted octanol–water partition coefficient (Wildman–Crippen LogP) is 6.16. The highest BCUT2D eigenvalue weighted by atomic mass is 32.1. The van der Waals surface area contributed by atoms with Gasteiger partial charge < -0.3 is 0 Å². The van der Waals surface area contributed by atoms with Crippen LogP contribution in [0.25, 0.3) is 27.3 Å². The van der Waals surface area contributed by atoms with E-state index in [0.717, 1.165) is 6.42 Å². The van der Waals surface area contributed by atoms with E-state index in [4.69, 9.17) is 0 Å². The number of hydrogen-bond acceptors (Lipinski definition) is 1. The molecule has 20 heavy (non-hydrogen) atoms. The molecule has 0 spiro atoms. The first-order valence-corrected chi connectivity index (χ1v) is 7.89. The molecule has 1 heterocycles. The van der Waals surface area contributed by atoms with Crippen LogP contribution < -0.4 is 0 Å². The zero-order valence-corrected chi connectivity index (χ0v) is 12.7. The van der Waals surface area contributed by atoms with E-state index in [1.807, 2.05) is 11.3 Å². The van der Waals surface area contributed by atoms with Gasteiger partial charge in [0.15, 0.2) is 0 Å². The molecular weight excluding hydrogens is 260 g/mol. The Morgan fingerprint density at radius 2 is 1.80 bits per heavy atom. The van der Waals surface area contributed by atoms with Crippen molar-refractivity contribution in [2.45, 2.75) is 20.3 Å². The predicted molar refractivity (Wildman–Crippen MR) is 91.3 cm³/mol. The van der Waals surface area contributed by atoms with Crippen molar-refractivity contribution in [3.05, 3.63) is 65.0 Å². The van der Waals surface area contributed by atoms with Crippen LogP contribution in [0.4, 0.5) is 0 Å². The van der Waals surface area contributed by atoms with Crippen molar-refractivity contribution in [3.63, 3.8) is 0 Å². The van der Waals surface area contributed by atoms with Crippen LogP contribution in [-0.4, -0.2) is 0 Å². The molecule has 0 fully saturated rings. The molecule has 2 aromatic carbocycles. The molecule has 0 saturated heterocycles. The van der Waals surface area contributed by atoms with Crippen molar-refractivity contribution < 1.29 is 0 Å². The summed E-state index contributed by atoms with van der Waals surface area (Å²) in [5.74, 6) is 0. The summed E-state index contributed by atoms with van der Waals surface area (Å²) < 4.78 is 1.41. The Balaban J connectivity index is 2.31. The standard InChI is InChI=1S/C19H18S/c1-3-9-16-17-13-8-12-15(14-10-6-5-7-11-14)19(17)20-18(16)4-2/h3,5-13H,4H2,1-2H3/b9-3-. The van der Waals surface area contributed by atoms with Crippen molar-refractivity contribution in [2.24, 2.45) is 0 Å². The van der Waals surface area contributed by atoms with Gasteiger partial charge in [-0.15, -0.1) is 11.3 Å². The van der Waals surface area contributed by atoms with Crippen LogP contribution >= 0.6 is 11.3 Å². The highest BCUT2D eigenvalue weighted by Gasteiger charge is 2.12. The van der Waals surface area contributed by atoms with Crippen LogP contribution in [0.3, 0.4) is 0 Å². The number of allylic oxidation sites excluding steroid dienone is 1. The van der Waals surface area contributed by atoms with Crippen LogP contribution in [0.1, 0.15) is 24.3 Å². The van der Waals surface area contributed by atoms with Crippen molar-refractivity contribution >= 4 is 27.5 Å². The average Bonchev–Trinajstić information content (AvgIpc) is 2.86. The number of fused-ring (bicyclic) bond motifs is 1. The third-order valence-electron chi connectivity index (χ3n) is 3.57. The average molecular weight is 278 g/mol. The summed E-state index contributed by atoms with van der Waals surface area (Å²) in [6.07, 6.45) is 5.47. The molecule has 0 atom stereocenters. The summed E-state index contributed by atoms with van der Waals surface area (Å²) in [6, 6.07) is 17.3. The van der Waals surface area contributed by atoms with Gasteiger partial charge in [-0.05, 0) is 30.0 Å². The molecule has 3 aromatic rings. The lowest BCUT2D eigenvalue weighted by molar-refractivity contribution is 1.18. The number of thiophene rings is 1. The monoisotopic (exact) mass is 278 g/mol.